The molecule has 0 fully saturated rings. The van der Waals surface area contributed by atoms with Crippen LogP contribution in [0.15, 0.2) is 41.0 Å². The third-order valence-electron chi connectivity index (χ3n) is 3.88. The highest BCUT2D eigenvalue weighted by molar-refractivity contribution is 6.07. The molecule has 0 saturated carbocycles. The Morgan fingerprint density at radius 3 is 2.71 bits per heavy atom. The number of aryl methyl sites for hydroxylation is 1. The molecule has 5 heteroatoms. The molecule has 5 nitrogen and oxygen atoms in total. The molecule has 2 aromatic rings. The summed E-state index contributed by atoms with van der Waals surface area (Å²) in [5, 5.41) is 9.32. The predicted octanol–water partition coefficient (Wildman–Crippen LogP) is 2.81. The second-order valence-electron chi connectivity index (χ2n) is 5.09. The first kappa shape index (κ1) is 13.4. The molecule has 0 radical (unpaired) electrons. The minimum atomic E-state index is -0.853. The molecule has 3 rings (SSSR count). The molecular weight excluding hydrogens is 270 g/mol. The number of furan rings is 1. The average Bonchev–Trinajstić information content (AvgIpc) is 2.91. The Labute approximate surface area is 121 Å². The lowest BCUT2D eigenvalue weighted by molar-refractivity contribution is -0.139. The van der Waals surface area contributed by atoms with E-state index in [9.17, 15) is 14.7 Å². The molecule has 0 bridgehead atoms. The van der Waals surface area contributed by atoms with Crippen LogP contribution in [0.2, 0.25) is 0 Å². The summed E-state index contributed by atoms with van der Waals surface area (Å²) in [5.41, 5.74) is 1.87. The number of anilines is 1. The predicted molar refractivity (Wildman–Crippen MR) is 76.6 cm³/mol. The van der Waals surface area contributed by atoms with Gasteiger partial charge in [-0.2, -0.15) is 0 Å². The summed E-state index contributed by atoms with van der Waals surface area (Å²) in [6, 6.07) is 8.81. The minimum Gasteiger partial charge on any atom is -0.481 e. The third-order valence-corrected chi connectivity index (χ3v) is 3.88. The molecular formula is C16H15NO4. The number of aliphatic carboxylic acids is 1. The molecule has 0 spiro atoms. The fraction of sp³-hybridized carbons (Fsp3) is 0.250. The van der Waals surface area contributed by atoms with Crippen LogP contribution < -0.4 is 4.90 Å². The molecule has 0 aliphatic carbocycles. The van der Waals surface area contributed by atoms with E-state index in [1.54, 1.807) is 36.1 Å². The van der Waals surface area contributed by atoms with Crippen molar-refractivity contribution in [3.63, 3.8) is 0 Å². The summed E-state index contributed by atoms with van der Waals surface area (Å²) in [5.74, 6) is -1.000. The number of carboxylic acids is 1. The van der Waals surface area contributed by atoms with Gasteiger partial charge >= 0.3 is 5.97 Å². The van der Waals surface area contributed by atoms with Crippen LogP contribution in [0.3, 0.4) is 0 Å². The van der Waals surface area contributed by atoms with Gasteiger partial charge in [0, 0.05) is 12.2 Å². The third kappa shape index (κ3) is 2.20. The number of fused-ring (bicyclic) bond motifs is 1. The van der Waals surface area contributed by atoms with Gasteiger partial charge in [-0.15, -0.1) is 0 Å². The van der Waals surface area contributed by atoms with Gasteiger partial charge in [0.1, 0.15) is 5.76 Å². The number of nitrogens with zero attached hydrogens (tertiary/aromatic N) is 1. The Morgan fingerprint density at radius 2 is 2.05 bits per heavy atom. The van der Waals surface area contributed by atoms with Crippen LogP contribution >= 0.6 is 0 Å². The summed E-state index contributed by atoms with van der Waals surface area (Å²) in [4.78, 5) is 25.6. The molecule has 2 heterocycles. The molecule has 1 atom stereocenters. The fourth-order valence-corrected chi connectivity index (χ4v) is 2.78. The van der Waals surface area contributed by atoms with Gasteiger partial charge in [-0.1, -0.05) is 18.2 Å². The zero-order valence-electron chi connectivity index (χ0n) is 11.6. The molecule has 1 N–H and O–H groups in total. The topological polar surface area (TPSA) is 70.8 Å². The number of amides is 1. The van der Waals surface area contributed by atoms with E-state index in [0.29, 0.717) is 35.5 Å². The van der Waals surface area contributed by atoms with Crippen molar-refractivity contribution in [3.8, 4) is 0 Å². The highest BCUT2D eigenvalue weighted by atomic mass is 16.4. The smallest absolute Gasteiger partial charge is 0.311 e. The van der Waals surface area contributed by atoms with Gasteiger partial charge in [0.25, 0.3) is 5.91 Å². The van der Waals surface area contributed by atoms with Crippen molar-refractivity contribution in [3.05, 3.63) is 53.5 Å². The molecule has 21 heavy (non-hydrogen) atoms. The van der Waals surface area contributed by atoms with Crippen LogP contribution in [0.25, 0.3) is 0 Å². The largest absolute Gasteiger partial charge is 0.481 e. The number of hydrogen-bond donors (Lipinski definition) is 1. The van der Waals surface area contributed by atoms with Crippen molar-refractivity contribution in [2.24, 2.45) is 0 Å². The second-order valence-corrected chi connectivity index (χ2v) is 5.09. The molecule has 1 aliphatic rings. The van der Waals surface area contributed by atoms with Crippen LogP contribution in [-0.4, -0.2) is 23.5 Å². The van der Waals surface area contributed by atoms with E-state index >= 15 is 0 Å². The lowest BCUT2D eigenvalue weighted by atomic mass is 9.89. The van der Waals surface area contributed by atoms with Crippen molar-refractivity contribution in [2.75, 3.05) is 11.4 Å². The highest BCUT2D eigenvalue weighted by Gasteiger charge is 2.33. The van der Waals surface area contributed by atoms with Gasteiger partial charge in [0.15, 0.2) is 0 Å². The Balaban J connectivity index is 2.02. The number of carboxylic acid groups (broad SMARTS) is 1. The normalized spacial score (nSPS) is 17.4. The summed E-state index contributed by atoms with van der Waals surface area (Å²) in [6.07, 6.45) is 1.90. The van der Waals surface area contributed by atoms with Gasteiger partial charge in [-0.3, -0.25) is 9.59 Å². The fourth-order valence-electron chi connectivity index (χ4n) is 2.78. The van der Waals surface area contributed by atoms with E-state index in [0.717, 1.165) is 0 Å². The highest BCUT2D eigenvalue weighted by Crippen LogP contribution is 2.36. The first-order chi connectivity index (χ1) is 10.1. The molecule has 108 valence electrons. The van der Waals surface area contributed by atoms with E-state index in [4.69, 9.17) is 4.42 Å². The second kappa shape index (κ2) is 5.09. The maximum Gasteiger partial charge on any atom is 0.311 e. The van der Waals surface area contributed by atoms with Gasteiger partial charge in [-0.25, -0.2) is 0 Å². The minimum absolute atomic E-state index is 0.155. The van der Waals surface area contributed by atoms with Crippen LogP contribution in [0.4, 0.5) is 5.69 Å². The molecule has 1 aliphatic heterocycles. The monoisotopic (exact) mass is 285 g/mol. The number of para-hydroxylation sites is 1. The van der Waals surface area contributed by atoms with E-state index in [1.165, 1.54) is 6.26 Å². The van der Waals surface area contributed by atoms with Crippen molar-refractivity contribution in [2.45, 2.75) is 19.3 Å². The summed E-state index contributed by atoms with van der Waals surface area (Å²) in [6.45, 7) is 2.13. The van der Waals surface area contributed by atoms with Gasteiger partial charge in [0.2, 0.25) is 0 Å². The first-order valence-corrected chi connectivity index (χ1v) is 6.77. The van der Waals surface area contributed by atoms with E-state index < -0.39 is 11.9 Å². The van der Waals surface area contributed by atoms with E-state index in [1.807, 2.05) is 6.07 Å². The molecule has 1 unspecified atom stereocenters. The van der Waals surface area contributed by atoms with Gasteiger partial charge in [0.05, 0.1) is 17.7 Å². The molecule has 1 aromatic heterocycles. The van der Waals surface area contributed by atoms with Gasteiger partial charge < -0.3 is 14.4 Å². The van der Waals surface area contributed by atoms with Crippen molar-refractivity contribution >= 4 is 17.6 Å². The van der Waals surface area contributed by atoms with Crippen LogP contribution in [0.5, 0.6) is 0 Å². The number of benzene rings is 1. The number of hydrogen-bond acceptors (Lipinski definition) is 3. The lowest BCUT2D eigenvalue weighted by Gasteiger charge is -2.32. The molecule has 1 amide bonds. The summed E-state index contributed by atoms with van der Waals surface area (Å²) in [7, 11) is 0. The van der Waals surface area contributed by atoms with Crippen molar-refractivity contribution < 1.29 is 19.1 Å². The van der Waals surface area contributed by atoms with Crippen molar-refractivity contribution in [1.29, 1.82) is 0 Å². The Bertz CT molecular complexity index is 704. The lowest BCUT2D eigenvalue weighted by Crippen LogP contribution is -2.38. The summed E-state index contributed by atoms with van der Waals surface area (Å²) < 4.78 is 5.18. The summed E-state index contributed by atoms with van der Waals surface area (Å²) >= 11 is 0. The van der Waals surface area contributed by atoms with Crippen LogP contribution in [-0.2, 0) is 4.79 Å². The molecule has 1 aromatic carbocycles. The zero-order valence-corrected chi connectivity index (χ0v) is 11.6. The first-order valence-electron chi connectivity index (χ1n) is 6.77. The number of rotatable bonds is 2. The quantitative estimate of drug-likeness (QED) is 0.921. The van der Waals surface area contributed by atoms with Gasteiger partial charge in [-0.05, 0) is 31.0 Å². The molecule has 0 saturated heterocycles. The maximum absolute atomic E-state index is 12.6. The Hall–Kier alpha value is -2.56. The van der Waals surface area contributed by atoms with Crippen molar-refractivity contribution in [1.82, 2.24) is 0 Å². The number of carbonyl (C=O) groups excluding carboxylic acids is 1. The SMILES string of the molecule is Cc1occc1C(=O)N1CCC(C(=O)O)c2ccccc21. The van der Waals surface area contributed by atoms with Crippen LogP contribution in [0.1, 0.15) is 34.0 Å². The van der Waals surface area contributed by atoms with E-state index in [-0.39, 0.29) is 5.91 Å². The Kier molecular flexibility index (Phi) is 3.25. The zero-order chi connectivity index (χ0) is 15.0. The standard InChI is InChI=1S/C16H15NO4/c1-10-11(7-9-21-10)15(18)17-8-6-13(16(19)20)12-4-2-3-5-14(12)17/h2-5,7,9,13H,6,8H2,1H3,(H,19,20). The Morgan fingerprint density at radius 1 is 1.29 bits per heavy atom. The van der Waals surface area contributed by atoms with E-state index in [2.05, 4.69) is 0 Å². The van der Waals surface area contributed by atoms with Crippen LogP contribution in [0, 0.1) is 6.92 Å². The average molecular weight is 285 g/mol. The maximum atomic E-state index is 12.6. The number of carbonyl (C=O) groups is 2.